The molecule has 0 fully saturated rings. The number of rotatable bonds is 3. The number of halogens is 1. The molecule has 0 amide bonds. The molecule has 0 radical (unpaired) electrons. The third kappa shape index (κ3) is 3.21. The molecule has 31 heavy (non-hydrogen) atoms. The molecule has 0 bridgehead atoms. The molecule has 2 nitrogen and oxygen atoms in total. The molecule has 3 aromatic carbocycles. The molecule has 0 N–H and O–H groups in total. The van der Waals surface area contributed by atoms with Gasteiger partial charge in [-0.25, -0.2) is 8.96 Å². The maximum atomic E-state index is 14.2. The number of fused-ring (bicyclic) bond motifs is 3. The molecule has 0 saturated carbocycles. The number of nitrogens with zero attached hydrogens (tertiary/aromatic N) is 1. The van der Waals surface area contributed by atoms with Crippen LogP contribution >= 0.6 is 0 Å². The summed E-state index contributed by atoms with van der Waals surface area (Å²) in [6.07, 6.45) is 2.10. The molecule has 5 rings (SSSR count). The number of benzene rings is 3. The first-order valence-electron chi connectivity index (χ1n) is 10.6. The van der Waals surface area contributed by atoms with Gasteiger partial charge in [0.25, 0.3) is 0 Å². The molecule has 0 aliphatic carbocycles. The van der Waals surface area contributed by atoms with Crippen molar-refractivity contribution in [2.75, 3.05) is 0 Å². The number of hydrogen-bond donors (Lipinski definition) is 0. The number of aryl methyl sites for hydroxylation is 2. The number of para-hydroxylation sites is 1. The van der Waals surface area contributed by atoms with E-state index >= 15 is 0 Å². The quantitative estimate of drug-likeness (QED) is 0.285. The lowest BCUT2D eigenvalue weighted by Crippen LogP contribution is -2.31. The molecule has 2 heterocycles. The van der Waals surface area contributed by atoms with Crippen molar-refractivity contribution in [2.24, 2.45) is 7.05 Å². The number of hydrogen-bond acceptors (Lipinski definition) is 1. The maximum Gasteiger partial charge on any atom is 0.216 e. The molecule has 0 saturated heterocycles. The van der Waals surface area contributed by atoms with Crippen LogP contribution in [0, 0.1) is 12.7 Å². The molecule has 0 aliphatic rings. The number of furan rings is 1. The second-order valence-electron chi connectivity index (χ2n) is 8.54. The Hall–Kier alpha value is -3.46. The minimum absolute atomic E-state index is 0.140. The second kappa shape index (κ2) is 7.35. The van der Waals surface area contributed by atoms with E-state index in [-0.39, 0.29) is 11.7 Å². The Balaban J connectivity index is 1.67. The first kappa shape index (κ1) is 19.5. The third-order valence-corrected chi connectivity index (χ3v) is 6.10. The van der Waals surface area contributed by atoms with Crippen molar-refractivity contribution in [1.82, 2.24) is 0 Å². The van der Waals surface area contributed by atoms with Crippen LogP contribution in [0.25, 0.3) is 44.3 Å². The summed E-state index contributed by atoms with van der Waals surface area (Å²) in [6, 6.07) is 22.1. The summed E-state index contributed by atoms with van der Waals surface area (Å²) in [5.74, 6) is -0.00626. The van der Waals surface area contributed by atoms with Crippen LogP contribution in [0.1, 0.15) is 30.9 Å². The molecule has 0 atom stereocenters. The van der Waals surface area contributed by atoms with E-state index in [1.807, 2.05) is 51.2 Å². The fourth-order valence-corrected chi connectivity index (χ4v) is 4.41. The van der Waals surface area contributed by atoms with Crippen molar-refractivity contribution in [3.05, 3.63) is 89.9 Å². The Morgan fingerprint density at radius 1 is 0.871 bits per heavy atom. The summed E-state index contributed by atoms with van der Waals surface area (Å²) in [5.41, 5.74) is 7.98. The maximum absolute atomic E-state index is 14.2. The van der Waals surface area contributed by atoms with Gasteiger partial charge in [0.1, 0.15) is 24.0 Å². The van der Waals surface area contributed by atoms with Gasteiger partial charge in [-0.2, -0.15) is 0 Å². The minimum Gasteiger partial charge on any atom is -0.455 e. The van der Waals surface area contributed by atoms with Crippen molar-refractivity contribution in [1.29, 1.82) is 0 Å². The van der Waals surface area contributed by atoms with Gasteiger partial charge in [-0.1, -0.05) is 50.2 Å². The van der Waals surface area contributed by atoms with Crippen LogP contribution in [0.2, 0.25) is 0 Å². The number of pyridine rings is 1. The Labute approximate surface area is 181 Å². The average Bonchev–Trinajstić information content (AvgIpc) is 3.13. The molecule has 2 aromatic heterocycles. The van der Waals surface area contributed by atoms with Crippen LogP contribution in [0.3, 0.4) is 0 Å². The lowest BCUT2D eigenvalue weighted by atomic mass is 9.96. The third-order valence-electron chi connectivity index (χ3n) is 6.10. The first-order chi connectivity index (χ1) is 14.9. The summed E-state index contributed by atoms with van der Waals surface area (Å²) < 4.78 is 22.6. The Morgan fingerprint density at radius 2 is 1.65 bits per heavy atom. The standard InChI is InChI=1S/C28H25FNO/c1-17(2)23-15-19(10-13-24(23)29)20-11-14-25(30(4)16-20)27-18(3)9-12-22-21-7-5-6-8-26(21)31-28(22)27/h5-17H,1-4H3/q+1. The molecule has 0 unspecified atom stereocenters. The van der Waals surface area contributed by atoms with Gasteiger partial charge < -0.3 is 4.42 Å². The monoisotopic (exact) mass is 410 g/mol. The van der Waals surface area contributed by atoms with Crippen molar-refractivity contribution in [2.45, 2.75) is 26.7 Å². The predicted octanol–water partition coefficient (Wildman–Crippen LogP) is 7.32. The van der Waals surface area contributed by atoms with E-state index < -0.39 is 0 Å². The van der Waals surface area contributed by atoms with Gasteiger partial charge in [0.05, 0.1) is 5.56 Å². The summed E-state index contributed by atoms with van der Waals surface area (Å²) in [5, 5.41) is 2.26. The SMILES string of the molecule is Cc1ccc2c(oc3ccccc32)c1-c1ccc(-c2ccc(F)c(C(C)C)c2)c[n+]1C. The summed E-state index contributed by atoms with van der Waals surface area (Å²) in [4.78, 5) is 0. The summed E-state index contributed by atoms with van der Waals surface area (Å²) in [6.45, 7) is 6.15. The zero-order valence-electron chi connectivity index (χ0n) is 18.2. The zero-order valence-corrected chi connectivity index (χ0v) is 18.2. The van der Waals surface area contributed by atoms with Crippen LogP contribution in [0.5, 0.6) is 0 Å². The molecular weight excluding hydrogens is 385 g/mol. The van der Waals surface area contributed by atoms with E-state index in [0.29, 0.717) is 0 Å². The summed E-state index contributed by atoms with van der Waals surface area (Å²) >= 11 is 0. The largest absolute Gasteiger partial charge is 0.455 e. The Kier molecular flexibility index (Phi) is 4.62. The van der Waals surface area contributed by atoms with E-state index in [1.165, 1.54) is 5.56 Å². The molecular formula is C28H25FNO+. The van der Waals surface area contributed by atoms with Crippen LogP contribution < -0.4 is 4.57 Å². The number of aromatic nitrogens is 1. The topological polar surface area (TPSA) is 17.0 Å². The highest BCUT2D eigenvalue weighted by atomic mass is 19.1. The van der Waals surface area contributed by atoms with E-state index in [1.54, 1.807) is 6.07 Å². The molecule has 154 valence electrons. The van der Waals surface area contributed by atoms with Crippen LogP contribution in [-0.2, 0) is 7.05 Å². The van der Waals surface area contributed by atoms with E-state index in [4.69, 9.17) is 4.42 Å². The second-order valence-corrected chi connectivity index (χ2v) is 8.54. The van der Waals surface area contributed by atoms with Crippen molar-refractivity contribution in [3.63, 3.8) is 0 Å². The van der Waals surface area contributed by atoms with Crippen LogP contribution in [-0.4, -0.2) is 0 Å². The van der Waals surface area contributed by atoms with Crippen molar-refractivity contribution in [3.8, 4) is 22.4 Å². The van der Waals surface area contributed by atoms with Gasteiger partial charge in [0.15, 0.2) is 6.20 Å². The predicted molar refractivity (Wildman–Crippen MR) is 125 cm³/mol. The van der Waals surface area contributed by atoms with Crippen molar-refractivity contribution < 1.29 is 13.4 Å². The van der Waals surface area contributed by atoms with Gasteiger partial charge in [0.2, 0.25) is 5.69 Å². The average molecular weight is 411 g/mol. The van der Waals surface area contributed by atoms with E-state index in [9.17, 15) is 4.39 Å². The summed E-state index contributed by atoms with van der Waals surface area (Å²) in [7, 11) is 2.05. The van der Waals surface area contributed by atoms with Gasteiger partial charge in [0, 0.05) is 22.4 Å². The van der Waals surface area contributed by atoms with E-state index in [0.717, 1.165) is 49.9 Å². The first-order valence-corrected chi connectivity index (χ1v) is 10.6. The molecule has 0 spiro atoms. The van der Waals surface area contributed by atoms with Crippen molar-refractivity contribution >= 4 is 21.9 Å². The molecule has 5 aromatic rings. The fourth-order valence-electron chi connectivity index (χ4n) is 4.41. The molecule has 0 aliphatic heterocycles. The highest BCUT2D eigenvalue weighted by Gasteiger charge is 2.21. The smallest absolute Gasteiger partial charge is 0.216 e. The van der Waals surface area contributed by atoms with E-state index in [2.05, 4.69) is 48.0 Å². The highest BCUT2D eigenvalue weighted by molar-refractivity contribution is 6.09. The molecule has 3 heteroatoms. The fraction of sp³-hybridized carbons (Fsp3) is 0.179. The van der Waals surface area contributed by atoms with Gasteiger partial charge >= 0.3 is 0 Å². The normalized spacial score (nSPS) is 11.7. The Morgan fingerprint density at radius 3 is 2.42 bits per heavy atom. The lowest BCUT2D eigenvalue weighted by Gasteiger charge is -2.10. The highest BCUT2D eigenvalue weighted by Crippen LogP contribution is 2.37. The minimum atomic E-state index is -0.146. The zero-order chi connectivity index (χ0) is 21.7. The van der Waals surface area contributed by atoms with Gasteiger partial charge in [-0.05, 0) is 53.8 Å². The van der Waals surface area contributed by atoms with Crippen LogP contribution in [0.4, 0.5) is 4.39 Å². The lowest BCUT2D eigenvalue weighted by molar-refractivity contribution is -0.659. The Bertz CT molecular complexity index is 1440. The van der Waals surface area contributed by atoms with Gasteiger partial charge in [-0.3, -0.25) is 0 Å². The van der Waals surface area contributed by atoms with Crippen LogP contribution in [0.15, 0.2) is 77.3 Å². The van der Waals surface area contributed by atoms with Gasteiger partial charge in [-0.15, -0.1) is 0 Å².